The van der Waals surface area contributed by atoms with Gasteiger partial charge in [-0.25, -0.2) is 4.79 Å². The van der Waals surface area contributed by atoms with Crippen molar-refractivity contribution >= 4 is 17.7 Å². The summed E-state index contributed by atoms with van der Waals surface area (Å²) in [5.74, 6) is -0.185. The zero-order valence-corrected chi connectivity index (χ0v) is 14.1. The van der Waals surface area contributed by atoms with Crippen LogP contribution in [0.2, 0.25) is 0 Å². The number of rotatable bonds is 2. The van der Waals surface area contributed by atoms with Gasteiger partial charge in [0.1, 0.15) is 12.1 Å². The van der Waals surface area contributed by atoms with Crippen molar-refractivity contribution in [3.63, 3.8) is 0 Å². The molecule has 6 heteroatoms. The Morgan fingerprint density at radius 3 is 2.48 bits per heavy atom. The van der Waals surface area contributed by atoms with Gasteiger partial charge in [0, 0.05) is 24.3 Å². The van der Waals surface area contributed by atoms with E-state index in [-0.39, 0.29) is 12.5 Å². The minimum atomic E-state index is -0.664. The normalized spacial score (nSPS) is 17.2. The number of aliphatic hydroxyl groups is 1. The van der Waals surface area contributed by atoms with Crippen LogP contribution < -0.4 is 4.90 Å². The zero-order chi connectivity index (χ0) is 17.2. The number of ether oxygens (including phenoxy) is 1. The second-order valence-corrected chi connectivity index (χ2v) is 6.68. The molecule has 1 N–H and O–H groups in total. The molecule has 0 aromatic heterocycles. The molecule has 2 rings (SSSR count). The lowest BCUT2D eigenvalue weighted by molar-refractivity contribution is -0.121. The summed E-state index contributed by atoms with van der Waals surface area (Å²) in [5.41, 5.74) is 0.804. The van der Waals surface area contributed by atoms with Crippen molar-refractivity contribution in [2.24, 2.45) is 0 Å². The molecule has 1 fully saturated rings. The highest BCUT2D eigenvalue weighted by molar-refractivity contribution is 5.98. The van der Waals surface area contributed by atoms with E-state index in [9.17, 15) is 14.7 Å². The van der Waals surface area contributed by atoms with Crippen LogP contribution in [0.25, 0.3) is 0 Å². The van der Waals surface area contributed by atoms with Crippen molar-refractivity contribution in [2.45, 2.75) is 39.4 Å². The largest absolute Gasteiger partial charge is 0.444 e. The Morgan fingerprint density at radius 2 is 1.91 bits per heavy atom. The Morgan fingerprint density at radius 1 is 1.26 bits per heavy atom. The maximum Gasteiger partial charge on any atom is 0.410 e. The van der Waals surface area contributed by atoms with E-state index in [1.54, 1.807) is 38.7 Å². The maximum absolute atomic E-state index is 12.4. The number of benzene rings is 1. The molecule has 6 nitrogen and oxygen atoms in total. The van der Waals surface area contributed by atoms with E-state index in [0.717, 1.165) is 0 Å². The number of hydrogen-bond donors (Lipinski definition) is 1. The fraction of sp³-hybridized carbons (Fsp3) is 0.529. The van der Waals surface area contributed by atoms with Gasteiger partial charge in [-0.15, -0.1) is 0 Å². The number of hydrogen-bond acceptors (Lipinski definition) is 4. The highest BCUT2D eigenvalue weighted by atomic mass is 16.6. The van der Waals surface area contributed by atoms with E-state index in [4.69, 9.17) is 4.74 Å². The number of carbonyl (C=O) groups is 2. The van der Waals surface area contributed by atoms with Crippen molar-refractivity contribution in [1.29, 1.82) is 0 Å². The molecular weight excluding hydrogens is 296 g/mol. The number of piperazine rings is 1. The molecule has 0 spiro atoms. The summed E-state index contributed by atoms with van der Waals surface area (Å²) >= 11 is 0. The Bertz CT molecular complexity index is 593. The number of nitrogens with zero attached hydrogens (tertiary/aromatic N) is 2. The first kappa shape index (κ1) is 17.3. The fourth-order valence-corrected chi connectivity index (χ4v) is 2.50. The van der Waals surface area contributed by atoms with Crippen molar-refractivity contribution in [1.82, 2.24) is 4.90 Å². The summed E-state index contributed by atoms with van der Waals surface area (Å²) < 4.78 is 5.30. The number of aliphatic hydroxyl groups excluding tert-OH is 1. The third kappa shape index (κ3) is 4.22. The van der Waals surface area contributed by atoms with Gasteiger partial charge in [-0.2, -0.15) is 0 Å². The van der Waals surface area contributed by atoms with Crippen LogP contribution >= 0.6 is 0 Å². The Labute approximate surface area is 136 Å². The van der Waals surface area contributed by atoms with E-state index < -0.39 is 17.8 Å². The van der Waals surface area contributed by atoms with Crippen LogP contribution in [-0.4, -0.2) is 47.2 Å². The summed E-state index contributed by atoms with van der Waals surface area (Å²) in [4.78, 5) is 27.5. The number of para-hydroxylation sites is 1. The van der Waals surface area contributed by atoms with E-state index in [0.29, 0.717) is 24.3 Å². The monoisotopic (exact) mass is 320 g/mol. The fourth-order valence-electron chi connectivity index (χ4n) is 2.50. The predicted molar refractivity (Wildman–Crippen MR) is 87.2 cm³/mol. The molecule has 1 aliphatic rings. The highest BCUT2D eigenvalue weighted by Crippen LogP contribution is 2.27. The lowest BCUT2D eigenvalue weighted by atomic mass is 10.1. The average molecular weight is 320 g/mol. The molecule has 0 aliphatic carbocycles. The van der Waals surface area contributed by atoms with Crippen LogP contribution in [0.4, 0.5) is 10.5 Å². The van der Waals surface area contributed by atoms with Crippen molar-refractivity contribution in [3.8, 4) is 0 Å². The highest BCUT2D eigenvalue weighted by Gasteiger charge is 2.31. The molecule has 126 valence electrons. The Balaban J connectivity index is 2.11. The van der Waals surface area contributed by atoms with Crippen LogP contribution in [0.15, 0.2) is 24.3 Å². The second-order valence-electron chi connectivity index (χ2n) is 6.68. The van der Waals surface area contributed by atoms with Gasteiger partial charge in [-0.3, -0.25) is 9.69 Å². The van der Waals surface area contributed by atoms with Crippen LogP contribution in [0.3, 0.4) is 0 Å². The van der Waals surface area contributed by atoms with Gasteiger partial charge in [-0.1, -0.05) is 18.2 Å². The number of amides is 2. The molecule has 1 aromatic rings. The maximum atomic E-state index is 12.4. The third-order valence-corrected chi connectivity index (χ3v) is 3.55. The molecular formula is C17H24N2O4. The first-order valence-electron chi connectivity index (χ1n) is 7.74. The zero-order valence-electron chi connectivity index (χ0n) is 14.1. The molecule has 0 radical (unpaired) electrons. The third-order valence-electron chi connectivity index (χ3n) is 3.55. The van der Waals surface area contributed by atoms with Gasteiger partial charge in [0.2, 0.25) is 5.91 Å². The van der Waals surface area contributed by atoms with E-state index in [1.807, 2.05) is 18.2 Å². The molecule has 1 aromatic carbocycles. The van der Waals surface area contributed by atoms with Crippen molar-refractivity contribution in [2.75, 3.05) is 24.5 Å². The van der Waals surface area contributed by atoms with Crippen LogP contribution in [0.5, 0.6) is 0 Å². The molecule has 23 heavy (non-hydrogen) atoms. The summed E-state index contributed by atoms with van der Waals surface area (Å²) in [7, 11) is 0. The number of anilines is 1. The van der Waals surface area contributed by atoms with Gasteiger partial charge in [0.05, 0.1) is 6.10 Å². The molecule has 1 aliphatic heterocycles. The summed E-state index contributed by atoms with van der Waals surface area (Å²) in [6, 6.07) is 7.26. The smallest absolute Gasteiger partial charge is 0.410 e. The summed E-state index contributed by atoms with van der Waals surface area (Å²) in [6.07, 6.45) is -1.14. The minimum Gasteiger partial charge on any atom is -0.444 e. The lowest BCUT2D eigenvalue weighted by Gasteiger charge is -2.36. The van der Waals surface area contributed by atoms with Gasteiger partial charge < -0.3 is 14.7 Å². The molecule has 0 unspecified atom stereocenters. The Hall–Kier alpha value is -2.08. The van der Waals surface area contributed by atoms with Gasteiger partial charge >= 0.3 is 6.09 Å². The van der Waals surface area contributed by atoms with Gasteiger partial charge in [0.25, 0.3) is 0 Å². The quantitative estimate of drug-likeness (QED) is 0.908. The number of carbonyl (C=O) groups excluding carboxylic acids is 2. The molecule has 2 amide bonds. The lowest BCUT2D eigenvalue weighted by Crippen LogP contribution is -2.53. The Kier molecular flexibility index (Phi) is 4.94. The van der Waals surface area contributed by atoms with Gasteiger partial charge in [0.15, 0.2) is 0 Å². The van der Waals surface area contributed by atoms with Crippen LogP contribution in [0, 0.1) is 0 Å². The first-order chi connectivity index (χ1) is 10.7. The van der Waals surface area contributed by atoms with Gasteiger partial charge in [-0.05, 0) is 33.8 Å². The average Bonchev–Trinajstić information content (AvgIpc) is 2.45. The van der Waals surface area contributed by atoms with Crippen molar-refractivity contribution < 1.29 is 19.4 Å². The topological polar surface area (TPSA) is 70.1 Å². The van der Waals surface area contributed by atoms with E-state index in [1.165, 1.54) is 4.90 Å². The van der Waals surface area contributed by atoms with E-state index in [2.05, 4.69) is 0 Å². The minimum absolute atomic E-state index is 0.0247. The molecule has 0 saturated carbocycles. The molecule has 1 heterocycles. The molecule has 1 saturated heterocycles. The van der Waals surface area contributed by atoms with Crippen LogP contribution in [-0.2, 0) is 9.53 Å². The summed E-state index contributed by atoms with van der Waals surface area (Å²) in [6.45, 7) is 7.80. The molecule has 0 bridgehead atoms. The standard InChI is InChI=1S/C17H24N2O4/c1-12(20)13-7-5-6-8-14(13)19-10-9-18(11-15(19)21)16(22)23-17(2,3)4/h5-8,12,20H,9-11H2,1-4H3/t12-/m0/s1. The van der Waals surface area contributed by atoms with Crippen LogP contribution in [0.1, 0.15) is 39.4 Å². The summed E-state index contributed by atoms with van der Waals surface area (Å²) in [5, 5.41) is 9.87. The second kappa shape index (κ2) is 6.58. The predicted octanol–water partition coefficient (Wildman–Crippen LogP) is 2.32. The van der Waals surface area contributed by atoms with E-state index >= 15 is 0 Å². The molecule has 1 atom stereocenters. The van der Waals surface area contributed by atoms with Crippen molar-refractivity contribution in [3.05, 3.63) is 29.8 Å². The SMILES string of the molecule is C[C@H](O)c1ccccc1N1CCN(C(=O)OC(C)(C)C)CC1=O. The first-order valence-corrected chi connectivity index (χ1v) is 7.74.